The second kappa shape index (κ2) is 11.8. The van der Waals surface area contributed by atoms with E-state index in [4.69, 9.17) is 4.74 Å². The van der Waals surface area contributed by atoms with Crippen molar-refractivity contribution in [2.75, 3.05) is 48.4 Å². The number of carbonyl (C=O) groups excluding carboxylic acids is 2. The van der Waals surface area contributed by atoms with Crippen molar-refractivity contribution < 1.29 is 14.3 Å². The van der Waals surface area contributed by atoms with Crippen LogP contribution in [-0.2, 0) is 0 Å². The van der Waals surface area contributed by atoms with Crippen molar-refractivity contribution in [1.82, 2.24) is 5.32 Å². The van der Waals surface area contributed by atoms with E-state index in [2.05, 4.69) is 26.5 Å². The zero-order valence-corrected chi connectivity index (χ0v) is 22.1. The summed E-state index contributed by atoms with van der Waals surface area (Å²) in [5.41, 5.74) is 4.77. The van der Waals surface area contributed by atoms with Gasteiger partial charge in [-0.3, -0.25) is 9.59 Å². The first-order valence-corrected chi connectivity index (χ1v) is 12.9. The summed E-state index contributed by atoms with van der Waals surface area (Å²) in [5.74, 6) is 0.521. The van der Waals surface area contributed by atoms with Gasteiger partial charge in [0, 0.05) is 49.2 Å². The molecule has 1 saturated heterocycles. The van der Waals surface area contributed by atoms with Crippen molar-refractivity contribution in [2.24, 2.45) is 0 Å². The summed E-state index contributed by atoms with van der Waals surface area (Å²) in [7, 11) is 1.69. The standard InChI is InChI=1S/C30H36N4O3/c1-5-22(3)31-30(36)25-20-24(32-29(35)23-12-10-21(2)11-13-23)14-15-26(25)33-16-18-34(19-17-33)27-8-6-7-9-28(27)37-4/h6-15,20,22H,5,16-19H2,1-4H3,(H,31,36)(H,32,35). The molecule has 7 nitrogen and oxygen atoms in total. The lowest BCUT2D eigenvalue weighted by atomic mass is 10.1. The Hall–Kier alpha value is -4.00. The quantitative estimate of drug-likeness (QED) is 0.450. The molecule has 2 amide bonds. The van der Waals surface area contributed by atoms with Gasteiger partial charge in [-0.1, -0.05) is 36.8 Å². The molecule has 0 aliphatic carbocycles. The molecule has 3 aromatic carbocycles. The van der Waals surface area contributed by atoms with Crippen LogP contribution in [0.5, 0.6) is 5.75 Å². The Bertz CT molecular complexity index is 1230. The van der Waals surface area contributed by atoms with E-state index >= 15 is 0 Å². The predicted molar refractivity (Wildman–Crippen MR) is 150 cm³/mol. The molecule has 4 rings (SSSR count). The second-order valence-corrected chi connectivity index (χ2v) is 9.48. The molecule has 1 aliphatic rings. The van der Waals surface area contributed by atoms with Crippen LogP contribution in [0.4, 0.5) is 17.1 Å². The summed E-state index contributed by atoms with van der Waals surface area (Å²) in [4.78, 5) is 30.7. The number of carbonyl (C=O) groups is 2. The number of nitrogens with one attached hydrogen (secondary N) is 2. The van der Waals surface area contributed by atoms with E-state index < -0.39 is 0 Å². The Morgan fingerprint density at radius 2 is 1.54 bits per heavy atom. The lowest BCUT2D eigenvalue weighted by molar-refractivity contribution is 0.0938. The fourth-order valence-corrected chi connectivity index (χ4v) is 4.46. The molecule has 0 bridgehead atoms. The van der Waals surface area contributed by atoms with Gasteiger partial charge in [-0.2, -0.15) is 0 Å². The van der Waals surface area contributed by atoms with Crippen LogP contribution in [0.1, 0.15) is 46.5 Å². The number of benzene rings is 3. The first-order chi connectivity index (χ1) is 17.9. The molecule has 1 heterocycles. The summed E-state index contributed by atoms with van der Waals surface area (Å²) in [6.07, 6.45) is 0.836. The molecule has 0 aromatic heterocycles. The molecule has 3 aromatic rings. The van der Waals surface area contributed by atoms with Crippen LogP contribution in [0.3, 0.4) is 0 Å². The molecule has 1 unspecified atom stereocenters. The Kier molecular flexibility index (Phi) is 8.33. The number of aryl methyl sites for hydroxylation is 1. The van der Waals surface area contributed by atoms with Gasteiger partial charge in [0.1, 0.15) is 5.75 Å². The highest BCUT2D eigenvalue weighted by molar-refractivity contribution is 6.06. The van der Waals surface area contributed by atoms with E-state index in [-0.39, 0.29) is 17.9 Å². The predicted octanol–water partition coefficient (Wildman–Crippen LogP) is 5.11. The van der Waals surface area contributed by atoms with Gasteiger partial charge in [0.25, 0.3) is 11.8 Å². The lowest BCUT2D eigenvalue weighted by Crippen LogP contribution is -2.47. The first kappa shape index (κ1) is 26.1. The SMILES string of the molecule is CCC(C)NC(=O)c1cc(NC(=O)c2ccc(C)cc2)ccc1N1CCN(c2ccccc2OC)CC1. The summed E-state index contributed by atoms with van der Waals surface area (Å²) >= 11 is 0. The summed E-state index contributed by atoms with van der Waals surface area (Å²) in [5, 5.41) is 6.04. The Morgan fingerprint density at radius 1 is 0.892 bits per heavy atom. The van der Waals surface area contributed by atoms with Crippen LogP contribution >= 0.6 is 0 Å². The number of anilines is 3. The Balaban J connectivity index is 1.55. The van der Waals surface area contributed by atoms with Gasteiger partial charge in [0.2, 0.25) is 0 Å². The zero-order chi connectivity index (χ0) is 26.4. The zero-order valence-electron chi connectivity index (χ0n) is 22.1. The maximum Gasteiger partial charge on any atom is 0.255 e. The molecule has 1 atom stereocenters. The molecule has 7 heteroatoms. The van der Waals surface area contributed by atoms with Gasteiger partial charge in [-0.05, 0) is 62.7 Å². The van der Waals surface area contributed by atoms with Gasteiger partial charge in [0.15, 0.2) is 0 Å². The fourth-order valence-electron chi connectivity index (χ4n) is 4.46. The average Bonchev–Trinajstić information content (AvgIpc) is 2.93. The van der Waals surface area contributed by atoms with E-state index in [0.29, 0.717) is 16.8 Å². The third-order valence-corrected chi connectivity index (χ3v) is 6.85. The number of amides is 2. The second-order valence-electron chi connectivity index (χ2n) is 9.48. The third-order valence-electron chi connectivity index (χ3n) is 6.85. The van der Waals surface area contributed by atoms with Crippen molar-refractivity contribution in [2.45, 2.75) is 33.2 Å². The molecule has 1 fully saturated rings. The van der Waals surface area contributed by atoms with E-state index in [1.807, 2.05) is 63.2 Å². The Morgan fingerprint density at radius 3 is 2.19 bits per heavy atom. The average molecular weight is 501 g/mol. The van der Waals surface area contributed by atoms with Gasteiger partial charge >= 0.3 is 0 Å². The van der Waals surface area contributed by atoms with Crippen molar-refractivity contribution in [3.8, 4) is 5.75 Å². The van der Waals surface area contributed by atoms with Crippen molar-refractivity contribution in [3.63, 3.8) is 0 Å². The summed E-state index contributed by atoms with van der Waals surface area (Å²) in [6.45, 7) is 9.15. The fraction of sp³-hybridized carbons (Fsp3) is 0.333. The number of para-hydroxylation sites is 2. The molecule has 0 saturated carbocycles. The number of nitrogens with zero attached hydrogens (tertiary/aromatic N) is 2. The van der Waals surface area contributed by atoms with Crippen LogP contribution < -0.4 is 25.2 Å². The lowest BCUT2D eigenvalue weighted by Gasteiger charge is -2.38. The van der Waals surface area contributed by atoms with Crippen molar-refractivity contribution >= 4 is 28.9 Å². The smallest absolute Gasteiger partial charge is 0.255 e. The van der Waals surface area contributed by atoms with Crippen LogP contribution in [-0.4, -0.2) is 51.1 Å². The van der Waals surface area contributed by atoms with Gasteiger partial charge in [-0.25, -0.2) is 0 Å². The molecular weight excluding hydrogens is 464 g/mol. The van der Waals surface area contributed by atoms with E-state index in [9.17, 15) is 9.59 Å². The number of hydrogen-bond donors (Lipinski definition) is 2. The van der Waals surface area contributed by atoms with Gasteiger partial charge < -0.3 is 25.2 Å². The number of methoxy groups -OCH3 is 1. The number of rotatable bonds is 8. The van der Waals surface area contributed by atoms with Crippen LogP contribution in [0.15, 0.2) is 66.7 Å². The van der Waals surface area contributed by atoms with Crippen LogP contribution in [0.25, 0.3) is 0 Å². The normalized spacial score (nSPS) is 14.2. The van der Waals surface area contributed by atoms with E-state index in [0.717, 1.165) is 55.3 Å². The molecule has 0 spiro atoms. The largest absolute Gasteiger partial charge is 0.495 e. The highest BCUT2D eigenvalue weighted by Gasteiger charge is 2.24. The minimum absolute atomic E-state index is 0.0496. The minimum atomic E-state index is -0.202. The molecule has 37 heavy (non-hydrogen) atoms. The van der Waals surface area contributed by atoms with Crippen LogP contribution in [0.2, 0.25) is 0 Å². The molecular formula is C30H36N4O3. The number of piperazine rings is 1. The van der Waals surface area contributed by atoms with E-state index in [1.54, 1.807) is 25.3 Å². The topological polar surface area (TPSA) is 73.9 Å². The van der Waals surface area contributed by atoms with Crippen molar-refractivity contribution in [3.05, 3.63) is 83.4 Å². The minimum Gasteiger partial charge on any atom is -0.495 e. The monoisotopic (exact) mass is 500 g/mol. The molecule has 194 valence electrons. The number of ether oxygens (including phenoxy) is 1. The van der Waals surface area contributed by atoms with Crippen molar-refractivity contribution in [1.29, 1.82) is 0 Å². The highest BCUT2D eigenvalue weighted by atomic mass is 16.5. The third kappa shape index (κ3) is 6.23. The summed E-state index contributed by atoms with van der Waals surface area (Å²) in [6, 6.07) is 21.1. The van der Waals surface area contributed by atoms with Gasteiger partial charge in [-0.15, -0.1) is 0 Å². The Labute approximate surface area is 219 Å². The molecule has 0 radical (unpaired) electrons. The summed E-state index contributed by atoms with van der Waals surface area (Å²) < 4.78 is 5.55. The number of hydrogen-bond acceptors (Lipinski definition) is 5. The maximum absolute atomic E-state index is 13.3. The molecule has 2 N–H and O–H groups in total. The van der Waals surface area contributed by atoms with Gasteiger partial charge in [0.05, 0.1) is 18.4 Å². The first-order valence-electron chi connectivity index (χ1n) is 12.9. The highest BCUT2D eigenvalue weighted by Crippen LogP contribution is 2.31. The van der Waals surface area contributed by atoms with E-state index in [1.165, 1.54) is 0 Å². The van der Waals surface area contributed by atoms with Crippen LogP contribution in [0, 0.1) is 6.92 Å². The maximum atomic E-state index is 13.3. The molecule has 1 aliphatic heterocycles.